The van der Waals surface area contributed by atoms with E-state index in [2.05, 4.69) is 3.07 Å². The van der Waals surface area contributed by atoms with E-state index in [0.717, 1.165) is 0 Å². The Morgan fingerprint density at radius 3 is 2.27 bits per heavy atom. The lowest BCUT2D eigenvalue weighted by Crippen LogP contribution is -1.95. The molecule has 0 amide bonds. The monoisotopic (exact) mass is 266 g/mol. The Balaban J connectivity index is 0.000001000. The van der Waals surface area contributed by atoms with Crippen LogP contribution in [0.5, 0.6) is 0 Å². The summed E-state index contributed by atoms with van der Waals surface area (Å²) in [4.78, 5) is 10.8. The number of halogens is 1. The molecule has 0 saturated carbocycles. The fraction of sp³-hybridized carbons (Fsp3) is 0. The maximum atomic E-state index is 10.8. The quantitative estimate of drug-likeness (QED) is 0.794. The zero-order valence-electron chi connectivity index (χ0n) is 6.08. The number of rotatable bonds is 1. The molecular weight excluding hydrogens is 257 g/mol. The van der Waals surface area contributed by atoms with Crippen molar-refractivity contribution < 1.29 is 7.86 Å². The Morgan fingerprint density at radius 1 is 1.27 bits per heavy atom. The Morgan fingerprint density at radius 2 is 1.82 bits per heavy atom. The largest absolute Gasteiger partial charge is 0.391 e. The van der Waals surface area contributed by atoms with Crippen LogP contribution in [0.15, 0.2) is 30.3 Å². The van der Waals surface area contributed by atoms with Crippen LogP contribution in [0.25, 0.3) is 0 Å². The Bertz CT molecular complexity index is 225. The van der Waals surface area contributed by atoms with Crippen LogP contribution in [0.1, 0.15) is 10.4 Å². The van der Waals surface area contributed by atoms with Gasteiger partial charge in [-0.2, -0.15) is 0 Å². The minimum absolute atomic E-state index is 0. The third-order valence-corrected chi connectivity index (χ3v) is 1.48. The average molecular weight is 266 g/mol. The zero-order chi connectivity index (χ0) is 7.40. The molecule has 1 aromatic rings. The lowest BCUT2D eigenvalue weighted by Gasteiger charge is -1.93. The third kappa shape index (κ3) is 2.85. The van der Waals surface area contributed by atoms with E-state index in [1.54, 1.807) is 47.3 Å². The maximum Gasteiger partial charge on any atom is 0.347 e. The summed E-state index contributed by atoms with van der Waals surface area (Å²) in [5.74, 6) is -0.304. The van der Waals surface area contributed by atoms with Gasteiger partial charge in [0.15, 0.2) is 23.0 Å². The molecule has 0 unspecified atom stereocenters. The van der Waals surface area contributed by atoms with Crippen LogP contribution in [0.4, 0.5) is 0 Å². The molecule has 60 valence electrons. The fourth-order valence-corrected chi connectivity index (χ4v) is 0.873. The summed E-state index contributed by atoms with van der Waals surface area (Å²) in [5.41, 5.74) is 0.580. The molecule has 0 atom stereocenters. The van der Waals surface area contributed by atoms with E-state index in [1.165, 1.54) is 0 Å². The van der Waals surface area contributed by atoms with Crippen LogP contribution in [0, 0.1) is 0 Å². The summed E-state index contributed by atoms with van der Waals surface area (Å²) in [6.07, 6.45) is 0. The number of quaternary nitrogens is 1. The molecule has 4 heteroatoms. The summed E-state index contributed by atoms with van der Waals surface area (Å²) in [6, 6.07) is 8.86. The van der Waals surface area contributed by atoms with E-state index in [0.29, 0.717) is 5.56 Å². The molecule has 1 aromatic carbocycles. The molecule has 3 nitrogen and oxygen atoms in total. The second kappa shape index (κ2) is 5.09. The summed E-state index contributed by atoms with van der Waals surface area (Å²) >= 11 is 1.57. The van der Waals surface area contributed by atoms with Crippen molar-refractivity contribution >= 4 is 29.0 Å². The molecule has 0 bridgehead atoms. The molecule has 0 aliphatic rings. The van der Waals surface area contributed by atoms with E-state index >= 15 is 0 Å². The molecule has 0 aliphatic carbocycles. The molecule has 0 fully saturated rings. The highest BCUT2D eigenvalue weighted by Gasteiger charge is 2.01. The lowest BCUT2D eigenvalue weighted by atomic mass is 10.2. The maximum absolute atomic E-state index is 10.8. The van der Waals surface area contributed by atoms with Gasteiger partial charge in [-0.15, -0.1) is 0 Å². The average Bonchev–Trinajstić information content (AvgIpc) is 2.05. The molecule has 0 spiro atoms. The smallest absolute Gasteiger partial charge is 0.347 e. The number of hydrogen-bond donors (Lipinski definition) is 1. The highest BCUT2D eigenvalue weighted by atomic mass is 127. The first-order chi connectivity index (χ1) is 4.84. The van der Waals surface area contributed by atoms with Crippen molar-refractivity contribution in [3.05, 3.63) is 35.9 Å². The van der Waals surface area contributed by atoms with E-state index in [9.17, 15) is 4.79 Å². The van der Waals surface area contributed by atoms with Gasteiger partial charge in [-0.25, -0.2) is 4.79 Å². The van der Waals surface area contributed by atoms with Gasteiger partial charge in [0.05, 0.1) is 5.56 Å². The van der Waals surface area contributed by atoms with Gasteiger partial charge in [0, 0.05) is 0 Å². The summed E-state index contributed by atoms with van der Waals surface area (Å²) < 4.78 is 4.47. The van der Waals surface area contributed by atoms with Crippen molar-refractivity contribution in [1.29, 1.82) is 0 Å². The highest BCUT2D eigenvalue weighted by Crippen LogP contribution is 2.02. The number of hydrogen-bond acceptors (Lipinski definition) is 2. The van der Waals surface area contributed by atoms with Gasteiger partial charge in [-0.3, -0.25) is 0 Å². The van der Waals surface area contributed by atoms with Gasteiger partial charge in [0.1, 0.15) is 0 Å². The molecular formula is C7H9INO2+. The van der Waals surface area contributed by atoms with Crippen LogP contribution < -0.4 is 6.15 Å². The van der Waals surface area contributed by atoms with Crippen LogP contribution in [0.2, 0.25) is 0 Å². The highest BCUT2D eigenvalue weighted by molar-refractivity contribution is 14.1. The molecule has 4 N–H and O–H groups in total. The second-order valence-corrected chi connectivity index (χ2v) is 2.17. The second-order valence-electron chi connectivity index (χ2n) is 1.73. The standard InChI is InChI=1S/C7H5IO2.H3N/c8-10-7(9)6-4-2-1-3-5-6;/h1-5H;1H3/p+1. The summed E-state index contributed by atoms with van der Waals surface area (Å²) in [7, 11) is 0. The van der Waals surface area contributed by atoms with Crippen molar-refractivity contribution in [3.63, 3.8) is 0 Å². The number of carbonyl (C=O) groups excluding carboxylic acids is 1. The molecule has 11 heavy (non-hydrogen) atoms. The van der Waals surface area contributed by atoms with Crippen molar-refractivity contribution in [2.24, 2.45) is 0 Å². The van der Waals surface area contributed by atoms with Gasteiger partial charge in [0.25, 0.3) is 0 Å². The van der Waals surface area contributed by atoms with Gasteiger partial charge in [0.2, 0.25) is 0 Å². The Hall–Kier alpha value is -0.620. The first-order valence-corrected chi connectivity index (χ1v) is 3.60. The molecule has 0 aliphatic heterocycles. The normalized spacial score (nSPS) is 8.09. The van der Waals surface area contributed by atoms with Gasteiger partial charge in [-0.1, -0.05) is 18.2 Å². The predicted molar refractivity (Wildman–Crippen MR) is 51.9 cm³/mol. The van der Waals surface area contributed by atoms with Crippen molar-refractivity contribution in [2.75, 3.05) is 0 Å². The third-order valence-electron chi connectivity index (χ3n) is 1.08. The Kier molecular flexibility index (Phi) is 4.80. The van der Waals surface area contributed by atoms with E-state index in [4.69, 9.17) is 0 Å². The molecule has 0 saturated heterocycles. The fourth-order valence-electron chi connectivity index (χ4n) is 0.619. The van der Waals surface area contributed by atoms with Crippen LogP contribution in [0.3, 0.4) is 0 Å². The van der Waals surface area contributed by atoms with E-state index < -0.39 is 0 Å². The molecule has 0 heterocycles. The summed E-state index contributed by atoms with van der Waals surface area (Å²) in [6.45, 7) is 0. The minimum atomic E-state index is -0.304. The van der Waals surface area contributed by atoms with Crippen LogP contribution >= 0.6 is 23.0 Å². The zero-order valence-corrected chi connectivity index (χ0v) is 8.24. The number of carbonyl (C=O) groups is 1. The SMILES string of the molecule is O=C(OI)c1ccccc1.[NH4+]. The molecule has 0 aromatic heterocycles. The van der Waals surface area contributed by atoms with E-state index in [-0.39, 0.29) is 12.1 Å². The van der Waals surface area contributed by atoms with Crippen molar-refractivity contribution in [3.8, 4) is 0 Å². The van der Waals surface area contributed by atoms with Gasteiger partial charge in [-0.05, 0) is 12.1 Å². The van der Waals surface area contributed by atoms with Crippen molar-refractivity contribution in [1.82, 2.24) is 6.15 Å². The first kappa shape index (κ1) is 10.4. The van der Waals surface area contributed by atoms with Crippen LogP contribution in [-0.4, -0.2) is 5.97 Å². The lowest BCUT2D eigenvalue weighted by molar-refractivity contribution is 0.0800. The predicted octanol–water partition coefficient (Wildman–Crippen LogP) is 2.57. The Labute approximate surface area is 79.0 Å². The van der Waals surface area contributed by atoms with Gasteiger partial charge >= 0.3 is 5.97 Å². The molecule has 1 rings (SSSR count). The summed E-state index contributed by atoms with van der Waals surface area (Å²) in [5, 5.41) is 0. The van der Waals surface area contributed by atoms with Gasteiger partial charge < -0.3 is 9.22 Å². The number of benzene rings is 1. The first-order valence-electron chi connectivity index (χ1n) is 2.72. The topological polar surface area (TPSA) is 62.8 Å². The molecule has 0 radical (unpaired) electrons. The van der Waals surface area contributed by atoms with Crippen molar-refractivity contribution in [2.45, 2.75) is 0 Å². The van der Waals surface area contributed by atoms with Crippen LogP contribution in [-0.2, 0) is 3.07 Å². The van der Waals surface area contributed by atoms with E-state index in [1.807, 2.05) is 6.07 Å². The minimum Gasteiger partial charge on any atom is -0.391 e.